The zero-order chi connectivity index (χ0) is 13.7. The van der Waals surface area contributed by atoms with Gasteiger partial charge in [-0.3, -0.25) is 11.3 Å². The summed E-state index contributed by atoms with van der Waals surface area (Å²) in [6, 6.07) is 8.16. The number of ether oxygens (including phenoxy) is 1. The topological polar surface area (TPSA) is 47.3 Å². The molecule has 1 aromatic heterocycles. The summed E-state index contributed by atoms with van der Waals surface area (Å²) in [6.07, 6.45) is 0.819. The van der Waals surface area contributed by atoms with E-state index in [1.54, 1.807) is 11.3 Å². The van der Waals surface area contributed by atoms with Crippen LogP contribution in [0.15, 0.2) is 39.5 Å². The minimum absolute atomic E-state index is 0.102. The molecule has 1 aromatic carbocycles. The van der Waals surface area contributed by atoms with Crippen LogP contribution in [-0.4, -0.2) is 6.61 Å². The Morgan fingerprint density at radius 2 is 2.26 bits per heavy atom. The van der Waals surface area contributed by atoms with Crippen molar-refractivity contribution in [2.24, 2.45) is 5.84 Å². The van der Waals surface area contributed by atoms with E-state index in [2.05, 4.69) is 45.1 Å². The third kappa shape index (κ3) is 4.04. The Bertz CT molecular complexity index is 530. The maximum atomic E-state index is 5.75. The quantitative estimate of drug-likeness (QED) is 0.621. The second-order valence-electron chi connectivity index (χ2n) is 4.35. The first kappa shape index (κ1) is 14.5. The molecule has 0 amide bonds. The predicted molar refractivity (Wildman–Crippen MR) is 83.4 cm³/mol. The molecule has 2 rings (SSSR count). The number of nitrogens with one attached hydrogen (secondary N) is 1. The lowest BCUT2D eigenvalue weighted by Crippen LogP contribution is -2.29. The Kier molecular flexibility index (Phi) is 5.39. The first-order valence-corrected chi connectivity index (χ1v) is 7.81. The number of halogens is 1. The van der Waals surface area contributed by atoms with Gasteiger partial charge in [0.2, 0.25) is 0 Å². The van der Waals surface area contributed by atoms with Gasteiger partial charge in [0.1, 0.15) is 5.75 Å². The molecule has 1 atom stereocenters. The molecule has 1 heterocycles. The molecular weight excluding hydrogens is 324 g/mol. The summed E-state index contributed by atoms with van der Waals surface area (Å²) in [6.45, 7) is 2.68. The van der Waals surface area contributed by atoms with Crippen molar-refractivity contribution in [3.8, 4) is 5.75 Å². The lowest BCUT2D eigenvalue weighted by Gasteiger charge is -2.16. The molecule has 19 heavy (non-hydrogen) atoms. The summed E-state index contributed by atoms with van der Waals surface area (Å²) >= 11 is 5.19. The molecule has 3 N–H and O–H groups in total. The average Bonchev–Trinajstić information content (AvgIpc) is 2.81. The van der Waals surface area contributed by atoms with Crippen LogP contribution in [0, 0.1) is 6.92 Å². The zero-order valence-corrected chi connectivity index (χ0v) is 13.1. The third-order valence-electron chi connectivity index (χ3n) is 2.88. The van der Waals surface area contributed by atoms with E-state index in [1.807, 2.05) is 18.2 Å². The van der Waals surface area contributed by atoms with Gasteiger partial charge in [0.15, 0.2) is 0 Å². The van der Waals surface area contributed by atoms with E-state index in [-0.39, 0.29) is 6.04 Å². The van der Waals surface area contributed by atoms with E-state index in [0.717, 1.165) is 16.6 Å². The van der Waals surface area contributed by atoms with Crippen LogP contribution in [0.25, 0.3) is 0 Å². The number of benzene rings is 1. The predicted octanol–water partition coefficient (Wildman–Crippen LogP) is 3.79. The summed E-state index contributed by atoms with van der Waals surface area (Å²) in [5.41, 5.74) is 5.22. The molecule has 1 unspecified atom stereocenters. The molecule has 102 valence electrons. The van der Waals surface area contributed by atoms with E-state index in [1.165, 1.54) is 11.1 Å². The van der Waals surface area contributed by atoms with Gasteiger partial charge in [0.05, 0.1) is 12.6 Å². The highest BCUT2D eigenvalue weighted by Crippen LogP contribution is 2.28. The van der Waals surface area contributed by atoms with E-state index in [9.17, 15) is 0 Å². The van der Waals surface area contributed by atoms with Crippen LogP contribution in [0.2, 0.25) is 0 Å². The molecule has 0 saturated heterocycles. The van der Waals surface area contributed by atoms with Gasteiger partial charge >= 0.3 is 0 Å². The van der Waals surface area contributed by atoms with Crippen molar-refractivity contribution in [2.45, 2.75) is 19.4 Å². The fourth-order valence-corrected chi connectivity index (χ4v) is 3.50. The van der Waals surface area contributed by atoms with Gasteiger partial charge in [-0.2, -0.15) is 11.3 Å². The highest BCUT2D eigenvalue weighted by atomic mass is 79.9. The molecule has 2 aromatic rings. The van der Waals surface area contributed by atoms with E-state index >= 15 is 0 Å². The van der Waals surface area contributed by atoms with Crippen LogP contribution in [-0.2, 0) is 0 Å². The molecule has 0 aliphatic heterocycles. The van der Waals surface area contributed by atoms with Crippen molar-refractivity contribution < 1.29 is 4.74 Å². The third-order valence-corrected chi connectivity index (χ3v) is 4.64. The van der Waals surface area contributed by atoms with Crippen molar-refractivity contribution in [2.75, 3.05) is 6.61 Å². The molecular formula is C14H17BrN2OS. The SMILES string of the molecule is Cc1cccc(OCCC(NN)c2cscc2Br)c1. The van der Waals surface area contributed by atoms with Gasteiger partial charge in [-0.1, -0.05) is 12.1 Å². The van der Waals surface area contributed by atoms with Crippen LogP contribution in [0.1, 0.15) is 23.6 Å². The minimum Gasteiger partial charge on any atom is -0.494 e. The molecule has 0 fully saturated rings. The lowest BCUT2D eigenvalue weighted by molar-refractivity contribution is 0.287. The fraction of sp³-hybridized carbons (Fsp3) is 0.286. The van der Waals surface area contributed by atoms with Gasteiger partial charge in [-0.25, -0.2) is 0 Å². The number of hydrogen-bond acceptors (Lipinski definition) is 4. The number of thiophene rings is 1. The zero-order valence-electron chi connectivity index (χ0n) is 10.7. The maximum absolute atomic E-state index is 5.75. The first-order chi connectivity index (χ1) is 9.20. The monoisotopic (exact) mass is 340 g/mol. The van der Waals surface area contributed by atoms with Gasteiger partial charge in [-0.15, -0.1) is 0 Å². The Balaban J connectivity index is 1.89. The highest BCUT2D eigenvalue weighted by molar-refractivity contribution is 9.10. The van der Waals surface area contributed by atoms with Crippen molar-refractivity contribution in [1.82, 2.24) is 5.43 Å². The number of aryl methyl sites for hydroxylation is 1. The highest BCUT2D eigenvalue weighted by Gasteiger charge is 2.13. The Morgan fingerprint density at radius 1 is 1.42 bits per heavy atom. The largest absolute Gasteiger partial charge is 0.494 e. The average molecular weight is 341 g/mol. The minimum atomic E-state index is 0.102. The smallest absolute Gasteiger partial charge is 0.119 e. The Labute approximate surface area is 125 Å². The van der Waals surface area contributed by atoms with Gasteiger partial charge in [0, 0.05) is 16.3 Å². The molecule has 3 nitrogen and oxygen atoms in total. The molecule has 0 aliphatic carbocycles. The second-order valence-corrected chi connectivity index (χ2v) is 5.95. The molecule has 0 spiro atoms. The first-order valence-electron chi connectivity index (χ1n) is 6.08. The second kappa shape index (κ2) is 7.05. The van der Waals surface area contributed by atoms with Gasteiger partial charge in [-0.05, 0) is 51.5 Å². The Hall–Kier alpha value is -0.880. The number of hydrazine groups is 1. The molecule has 0 aliphatic rings. The van der Waals surface area contributed by atoms with Crippen LogP contribution in [0.5, 0.6) is 5.75 Å². The van der Waals surface area contributed by atoms with Crippen molar-refractivity contribution in [1.29, 1.82) is 0 Å². The summed E-state index contributed by atoms with van der Waals surface area (Å²) in [5.74, 6) is 6.52. The van der Waals surface area contributed by atoms with E-state index < -0.39 is 0 Å². The van der Waals surface area contributed by atoms with Crippen LogP contribution >= 0.6 is 27.3 Å². The van der Waals surface area contributed by atoms with Crippen LogP contribution in [0.3, 0.4) is 0 Å². The Morgan fingerprint density at radius 3 is 2.89 bits per heavy atom. The van der Waals surface area contributed by atoms with Crippen molar-refractivity contribution in [3.05, 3.63) is 50.6 Å². The lowest BCUT2D eigenvalue weighted by atomic mass is 10.1. The summed E-state index contributed by atoms with van der Waals surface area (Å²) in [5, 5.41) is 4.16. The molecule has 0 bridgehead atoms. The van der Waals surface area contributed by atoms with Crippen LogP contribution < -0.4 is 16.0 Å². The number of hydrogen-bond donors (Lipinski definition) is 2. The summed E-state index contributed by atoms with van der Waals surface area (Å²) < 4.78 is 6.84. The van der Waals surface area contributed by atoms with Crippen molar-refractivity contribution >= 4 is 27.3 Å². The van der Waals surface area contributed by atoms with E-state index in [0.29, 0.717) is 6.61 Å². The normalized spacial score (nSPS) is 12.4. The van der Waals surface area contributed by atoms with E-state index in [4.69, 9.17) is 10.6 Å². The fourth-order valence-electron chi connectivity index (χ4n) is 1.87. The molecule has 5 heteroatoms. The number of nitrogens with two attached hydrogens (primary N) is 1. The summed E-state index contributed by atoms with van der Waals surface area (Å²) in [7, 11) is 0. The summed E-state index contributed by atoms with van der Waals surface area (Å²) in [4.78, 5) is 0. The standard InChI is InChI=1S/C14H17BrN2OS/c1-10-3-2-4-11(7-10)18-6-5-14(17-16)12-8-19-9-13(12)15/h2-4,7-9,14,17H,5-6,16H2,1H3. The van der Waals surface area contributed by atoms with Gasteiger partial charge < -0.3 is 4.74 Å². The molecule has 0 radical (unpaired) electrons. The van der Waals surface area contributed by atoms with Crippen LogP contribution in [0.4, 0.5) is 0 Å². The maximum Gasteiger partial charge on any atom is 0.119 e. The van der Waals surface area contributed by atoms with Gasteiger partial charge in [0.25, 0.3) is 0 Å². The van der Waals surface area contributed by atoms with Crippen molar-refractivity contribution in [3.63, 3.8) is 0 Å². The molecule has 0 saturated carbocycles. The number of rotatable bonds is 6.